The largest absolute Gasteiger partial charge is 0.515 e. The van der Waals surface area contributed by atoms with Gasteiger partial charge in [0.25, 0.3) is 0 Å². The molecule has 0 spiro atoms. The summed E-state index contributed by atoms with van der Waals surface area (Å²) in [6.45, 7) is 5.61. The first kappa shape index (κ1) is 16.7. The number of allylic oxidation sites excluding steroid dienone is 3. The summed E-state index contributed by atoms with van der Waals surface area (Å²) in [5.41, 5.74) is 1.67. The summed E-state index contributed by atoms with van der Waals surface area (Å²) in [7, 11) is 0. The number of hydrogen-bond acceptors (Lipinski definition) is 6. The fourth-order valence-electron chi connectivity index (χ4n) is 1.73. The van der Waals surface area contributed by atoms with Crippen LogP contribution in [0.25, 0.3) is 16.7 Å². The van der Waals surface area contributed by atoms with Crippen molar-refractivity contribution in [3.8, 4) is 0 Å². The third-order valence-electron chi connectivity index (χ3n) is 3.11. The highest BCUT2D eigenvalue weighted by Crippen LogP contribution is 2.21. The van der Waals surface area contributed by atoms with E-state index in [1.807, 2.05) is 20.8 Å². The first-order chi connectivity index (χ1) is 10.1. The molecule has 0 bridgehead atoms. The van der Waals surface area contributed by atoms with Crippen molar-refractivity contribution in [3.05, 3.63) is 36.3 Å². The zero-order chi connectivity index (χ0) is 15.8. The van der Waals surface area contributed by atoms with Crippen LogP contribution < -0.4 is 0 Å². The molecule has 114 valence electrons. The van der Waals surface area contributed by atoms with Gasteiger partial charge in [-0.1, -0.05) is 20.8 Å². The van der Waals surface area contributed by atoms with Crippen molar-refractivity contribution in [1.29, 1.82) is 0 Å². The molecule has 0 aliphatic rings. The number of nitrogens with zero attached hydrogens (tertiary/aromatic N) is 3. The average Bonchev–Trinajstić information content (AvgIpc) is 2.51. The van der Waals surface area contributed by atoms with Gasteiger partial charge in [0, 0.05) is 16.7 Å². The lowest BCUT2D eigenvalue weighted by Gasteiger charge is -2.10. The topological polar surface area (TPSA) is 99.4 Å². The van der Waals surface area contributed by atoms with E-state index < -0.39 is 0 Å². The molecule has 21 heavy (non-hydrogen) atoms. The second-order valence-electron chi connectivity index (χ2n) is 4.33. The molecule has 0 unspecified atom stereocenters. The van der Waals surface area contributed by atoms with Crippen molar-refractivity contribution in [2.45, 2.75) is 40.0 Å². The molecular weight excluding hydrogens is 270 g/mol. The maximum absolute atomic E-state index is 9.28. The molecule has 6 nitrogen and oxygen atoms in total. The number of hydrogen-bond donors (Lipinski definition) is 3. The molecule has 0 radical (unpaired) electrons. The van der Waals surface area contributed by atoms with Crippen LogP contribution in [0.5, 0.6) is 0 Å². The minimum absolute atomic E-state index is 0.334. The van der Waals surface area contributed by atoms with Crippen molar-refractivity contribution >= 4 is 16.7 Å². The van der Waals surface area contributed by atoms with E-state index in [9.17, 15) is 15.3 Å². The fraction of sp³-hybridized carbons (Fsp3) is 0.400. The second-order valence-corrected chi connectivity index (χ2v) is 4.33. The van der Waals surface area contributed by atoms with E-state index in [4.69, 9.17) is 0 Å². The van der Waals surface area contributed by atoms with Crippen molar-refractivity contribution in [2.75, 3.05) is 0 Å². The molecule has 0 atom stereocenters. The summed E-state index contributed by atoms with van der Waals surface area (Å²) in [6.07, 6.45) is 4.54. The van der Waals surface area contributed by atoms with Gasteiger partial charge in [-0.25, -0.2) is 15.0 Å². The molecular formula is C15H21N3O3. The first-order valence-electron chi connectivity index (χ1n) is 6.91. The van der Waals surface area contributed by atoms with Crippen LogP contribution in [-0.4, -0.2) is 30.3 Å². The summed E-state index contributed by atoms with van der Waals surface area (Å²) >= 11 is 0. The first-order valence-corrected chi connectivity index (χ1v) is 6.91. The van der Waals surface area contributed by atoms with E-state index in [1.165, 1.54) is 0 Å². The van der Waals surface area contributed by atoms with E-state index in [0.29, 0.717) is 53.5 Å². The Kier molecular flexibility index (Phi) is 6.39. The minimum Gasteiger partial charge on any atom is -0.515 e. The molecule has 0 aromatic carbocycles. The van der Waals surface area contributed by atoms with Crippen LogP contribution in [0.1, 0.15) is 57.5 Å². The van der Waals surface area contributed by atoms with E-state index in [0.717, 1.165) is 18.8 Å². The Balaban J connectivity index is 3.53. The van der Waals surface area contributed by atoms with Crippen LogP contribution >= 0.6 is 0 Å². The molecule has 1 heterocycles. The van der Waals surface area contributed by atoms with Gasteiger partial charge in [0.15, 0.2) is 17.5 Å². The standard InChI is InChI=1S/C15H21N3O3/c1-4-10(7-19)13-16-14(11(5-2)8-20)18-15(17-13)12(6-3)9-21/h7-9,19-21H,4-6H2,1-3H3/b10-7-,11-8-,12-9-. The van der Waals surface area contributed by atoms with Crippen LogP contribution in [0.4, 0.5) is 0 Å². The zero-order valence-electron chi connectivity index (χ0n) is 12.5. The third-order valence-corrected chi connectivity index (χ3v) is 3.11. The van der Waals surface area contributed by atoms with Crippen molar-refractivity contribution in [1.82, 2.24) is 15.0 Å². The van der Waals surface area contributed by atoms with E-state index >= 15 is 0 Å². The average molecular weight is 291 g/mol. The Labute approximate surface area is 124 Å². The number of aliphatic hydroxyl groups excluding tert-OH is 3. The van der Waals surface area contributed by atoms with E-state index in [-0.39, 0.29) is 0 Å². The highest BCUT2D eigenvalue weighted by Gasteiger charge is 2.14. The monoisotopic (exact) mass is 291 g/mol. The van der Waals surface area contributed by atoms with E-state index in [2.05, 4.69) is 15.0 Å². The maximum atomic E-state index is 9.28. The van der Waals surface area contributed by atoms with Crippen LogP contribution in [0.2, 0.25) is 0 Å². The highest BCUT2D eigenvalue weighted by molar-refractivity contribution is 5.66. The van der Waals surface area contributed by atoms with Gasteiger partial charge in [-0.15, -0.1) is 0 Å². The molecule has 0 saturated heterocycles. The van der Waals surface area contributed by atoms with Crippen molar-refractivity contribution in [3.63, 3.8) is 0 Å². The van der Waals surface area contributed by atoms with Gasteiger partial charge in [0.2, 0.25) is 0 Å². The number of rotatable bonds is 6. The van der Waals surface area contributed by atoms with E-state index in [1.54, 1.807) is 0 Å². The molecule has 0 saturated carbocycles. The number of aromatic nitrogens is 3. The lowest BCUT2D eigenvalue weighted by atomic mass is 10.1. The van der Waals surface area contributed by atoms with Gasteiger partial charge in [-0.2, -0.15) is 0 Å². The molecule has 0 fully saturated rings. The summed E-state index contributed by atoms with van der Waals surface area (Å²) in [5, 5.41) is 27.8. The SMILES string of the molecule is CC/C(=C/O)c1nc(/C(=C\O)CC)nc(/C(=C\O)CC)n1. The van der Waals surface area contributed by atoms with Crippen LogP contribution in [0, 0.1) is 0 Å². The van der Waals surface area contributed by atoms with Crippen molar-refractivity contribution < 1.29 is 15.3 Å². The predicted molar refractivity (Wildman–Crippen MR) is 82.5 cm³/mol. The molecule has 0 amide bonds. The Morgan fingerprint density at radius 1 is 0.667 bits per heavy atom. The van der Waals surface area contributed by atoms with Gasteiger partial charge in [-0.3, -0.25) is 0 Å². The fourth-order valence-corrected chi connectivity index (χ4v) is 1.73. The van der Waals surface area contributed by atoms with Crippen molar-refractivity contribution in [2.24, 2.45) is 0 Å². The zero-order valence-corrected chi connectivity index (χ0v) is 12.5. The summed E-state index contributed by atoms with van der Waals surface area (Å²) in [4.78, 5) is 12.8. The summed E-state index contributed by atoms with van der Waals surface area (Å²) < 4.78 is 0. The molecule has 3 N–H and O–H groups in total. The summed E-state index contributed by atoms with van der Waals surface area (Å²) in [6, 6.07) is 0. The van der Waals surface area contributed by atoms with Gasteiger partial charge in [0.1, 0.15) is 0 Å². The molecule has 0 aliphatic heterocycles. The summed E-state index contributed by atoms with van der Waals surface area (Å²) in [5.74, 6) is 1.00. The molecule has 6 heteroatoms. The van der Waals surface area contributed by atoms with Gasteiger partial charge < -0.3 is 15.3 Å². The minimum atomic E-state index is 0.334. The van der Waals surface area contributed by atoms with Crippen LogP contribution in [0.3, 0.4) is 0 Å². The molecule has 0 aliphatic carbocycles. The van der Waals surface area contributed by atoms with Gasteiger partial charge in [-0.05, 0) is 19.3 Å². The van der Waals surface area contributed by atoms with Crippen LogP contribution in [0.15, 0.2) is 18.8 Å². The smallest absolute Gasteiger partial charge is 0.163 e. The highest BCUT2D eigenvalue weighted by atomic mass is 16.2. The number of aliphatic hydroxyl groups is 3. The van der Waals surface area contributed by atoms with Crippen LogP contribution in [-0.2, 0) is 0 Å². The maximum Gasteiger partial charge on any atom is 0.163 e. The Hall–Kier alpha value is -2.37. The molecule has 1 aromatic rings. The van der Waals surface area contributed by atoms with Gasteiger partial charge in [0.05, 0.1) is 18.8 Å². The lowest BCUT2D eigenvalue weighted by molar-refractivity contribution is 0.473. The normalized spacial score (nSPS) is 13.6. The van der Waals surface area contributed by atoms with Gasteiger partial charge >= 0.3 is 0 Å². The quantitative estimate of drug-likeness (QED) is 0.689. The molecule has 1 aromatic heterocycles. The second kappa shape index (κ2) is 8.04. The Bertz CT molecular complexity index is 484. The molecule has 1 rings (SSSR count). The third kappa shape index (κ3) is 3.81. The predicted octanol–water partition coefficient (Wildman–Crippen LogP) is 3.80. The Morgan fingerprint density at radius 3 is 1.05 bits per heavy atom. The Morgan fingerprint density at radius 2 is 0.905 bits per heavy atom. The lowest BCUT2D eigenvalue weighted by Crippen LogP contribution is -2.07.